The lowest BCUT2D eigenvalue weighted by atomic mass is 10.1. The number of ether oxygens (including phenoxy) is 1. The van der Waals surface area contributed by atoms with Crippen LogP contribution in [-0.2, 0) is 4.74 Å². The van der Waals surface area contributed by atoms with Gasteiger partial charge in [0.05, 0.1) is 23.8 Å². The van der Waals surface area contributed by atoms with Gasteiger partial charge in [0, 0.05) is 12.7 Å². The smallest absolute Gasteiger partial charge is 0.262 e. The molecule has 0 fully saturated rings. The molecule has 7 nitrogen and oxygen atoms in total. The van der Waals surface area contributed by atoms with Gasteiger partial charge in [-0.1, -0.05) is 23.7 Å². The average Bonchev–Trinajstić information content (AvgIpc) is 2.80. The Bertz CT molecular complexity index is 761. The summed E-state index contributed by atoms with van der Waals surface area (Å²) in [5.41, 5.74) is 6.77. The molecule has 2 amide bonds. The number of amides is 2. The SMILES string of the molecule is COCC(c1cc(N)nnc1Cl)N1C(=O)c2ccccc2C1=O. The summed E-state index contributed by atoms with van der Waals surface area (Å²) < 4.78 is 5.17. The van der Waals surface area contributed by atoms with Gasteiger partial charge in [0.1, 0.15) is 5.82 Å². The summed E-state index contributed by atoms with van der Waals surface area (Å²) in [5.74, 6) is -0.666. The number of nitrogen functional groups attached to an aromatic ring is 1. The van der Waals surface area contributed by atoms with Gasteiger partial charge in [-0.3, -0.25) is 14.5 Å². The van der Waals surface area contributed by atoms with E-state index in [1.807, 2.05) is 0 Å². The number of methoxy groups -OCH3 is 1. The first-order chi connectivity index (χ1) is 11.0. The number of halogens is 1. The molecule has 0 saturated carbocycles. The maximum Gasteiger partial charge on any atom is 0.262 e. The van der Waals surface area contributed by atoms with Gasteiger partial charge in [-0.2, -0.15) is 0 Å². The second kappa shape index (κ2) is 5.94. The highest BCUT2D eigenvalue weighted by Gasteiger charge is 2.41. The Morgan fingerprint density at radius 3 is 2.39 bits per heavy atom. The fraction of sp³-hybridized carbons (Fsp3) is 0.200. The van der Waals surface area contributed by atoms with Crippen molar-refractivity contribution in [2.24, 2.45) is 0 Å². The fourth-order valence-corrected chi connectivity index (χ4v) is 2.81. The first-order valence-electron chi connectivity index (χ1n) is 6.79. The lowest BCUT2D eigenvalue weighted by Crippen LogP contribution is -2.36. The molecule has 118 valence electrons. The van der Waals surface area contributed by atoms with Crippen LogP contribution in [-0.4, -0.2) is 40.6 Å². The van der Waals surface area contributed by atoms with Gasteiger partial charge in [0.2, 0.25) is 0 Å². The van der Waals surface area contributed by atoms with Crippen molar-refractivity contribution < 1.29 is 14.3 Å². The molecule has 2 heterocycles. The average molecular weight is 333 g/mol. The fourth-order valence-electron chi connectivity index (χ4n) is 2.59. The van der Waals surface area contributed by atoms with Crippen LogP contribution in [0.15, 0.2) is 30.3 Å². The summed E-state index contributed by atoms with van der Waals surface area (Å²) in [4.78, 5) is 26.4. The molecule has 2 aromatic rings. The van der Waals surface area contributed by atoms with Crippen molar-refractivity contribution in [3.05, 3.63) is 52.2 Å². The molecule has 1 aliphatic rings. The number of benzene rings is 1. The molecule has 1 aliphatic heterocycles. The van der Waals surface area contributed by atoms with Crippen LogP contribution < -0.4 is 5.73 Å². The molecule has 3 rings (SSSR count). The molecule has 1 aromatic heterocycles. The van der Waals surface area contributed by atoms with Gasteiger partial charge in [-0.05, 0) is 18.2 Å². The zero-order chi connectivity index (χ0) is 16.6. The molecule has 0 saturated heterocycles. The van der Waals surface area contributed by atoms with Crippen molar-refractivity contribution in [3.8, 4) is 0 Å². The number of fused-ring (bicyclic) bond motifs is 1. The van der Waals surface area contributed by atoms with Gasteiger partial charge in [0.15, 0.2) is 5.15 Å². The number of rotatable bonds is 4. The van der Waals surface area contributed by atoms with Crippen molar-refractivity contribution >= 4 is 29.2 Å². The standard InChI is InChI=1S/C15H13ClN4O3/c1-23-7-11(10-6-12(17)18-19-13(10)16)20-14(21)8-4-2-3-5-9(8)15(20)22/h2-6,11H,7H2,1H3,(H2,17,18). The highest BCUT2D eigenvalue weighted by Crippen LogP contribution is 2.34. The minimum absolute atomic E-state index is 0.0658. The van der Waals surface area contributed by atoms with Crippen LogP contribution in [0.3, 0.4) is 0 Å². The van der Waals surface area contributed by atoms with E-state index < -0.39 is 17.9 Å². The van der Waals surface area contributed by atoms with Gasteiger partial charge >= 0.3 is 0 Å². The monoisotopic (exact) mass is 332 g/mol. The van der Waals surface area contributed by atoms with Crippen LogP contribution in [0.5, 0.6) is 0 Å². The van der Waals surface area contributed by atoms with Crippen LogP contribution in [0.2, 0.25) is 5.15 Å². The molecule has 8 heteroatoms. The number of nitrogens with zero attached hydrogens (tertiary/aromatic N) is 3. The molecule has 0 bridgehead atoms. The molecule has 1 unspecified atom stereocenters. The van der Waals surface area contributed by atoms with E-state index in [0.717, 1.165) is 4.90 Å². The minimum Gasteiger partial charge on any atom is -0.382 e. The number of carbonyl (C=O) groups is 2. The third-order valence-electron chi connectivity index (χ3n) is 3.62. The van der Waals surface area contributed by atoms with Gasteiger partial charge in [0.25, 0.3) is 11.8 Å². The predicted octanol–water partition coefficient (Wildman–Crippen LogP) is 1.70. The second-order valence-electron chi connectivity index (χ2n) is 5.01. The van der Waals surface area contributed by atoms with Crippen molar-refractivity contribution in [1.82, 2.24) is 15.1 Å². The van der Waals surface area contributed by atoms with Crippen LogP contribution >= 0.6 is 11.6 Å². The van der Waals surface area contributed by atoms with E-state index in [4.69, 9.17) is 22.1 Å². The first kappa shape index (κ1) is 15.4. The third-order valence-corrected chi connectivity index (χ3v) is 3.91. The molecular formula is C15H13ClN4O3. The quantitative estimate of drug-likeness (QED) is 0.855. The molecule has 2 N–H and O–H groups in total. The number of carbonyl (C=O) groups excluding carboxylic acids is 2. The predicted molar refractivity (Wildman–Crippen MR) is 83.0 cm³/mol. The van der Waals surface area contributed by atoms with E-state index in [9.17, 15) is 9.59 Å². The Morgan fingerprint density at radius 1 is 1.22 bits per heavy atom. The maximum atomic E-state index is 12.6. The van der Waals surface area contributed by atoms with E-state index in [1.165, 1.54) is 13.2 Å². The molecule has 0 spiro atoms. The molecule has 1 atom stereocenters. The van der Waals surface area contributed by atoms with Crippen molar-refractivity contribution in [3.63, 3.8) is 0 Å². The lowest BCUT2D eigenvalue weighted by Gasteiger charge is -2.26. The Labute approximate surface area is 137 Å². The zero-order valence-electron chi connectivity index (χ0n) is 12.2. The maximum absolute atomic E-state index is 12.6. The van der Waals surface area contributed by atoms with Gasteiger partial charge < -0.3 is 10.5 Å². The summed E-state index contributed by atoms with van der Waals surface area (Å²) in [6.07, 6.45) is 0. The highest BCUT2D eigenvalue weighted by atomic mass is 35.5. The molecular weight excluding hydrogens is 320 g/mol. The van der Waals surface area contributed by atoms with Crippen molar-refractivity contribution in [2.75, 3.05) is 19.5 Å². The van der Waals surface area contributed by atoms with Crippen LogP contribution in [0.4, 0.5) is 5.82 Å². The van der Waals surface area contributed by atoms with Crippen LogP contribution in [0.1, 0.15) is 32.3 Å². The Kier molecular flexibility index (Phi) is 3.97. The van der Waals surface area contributed by atoms with Crippen molar-refractivity contribution in [2.45, 2.75) is 6.04 Å². The number of hydrogen-bond donors (Lipinski definition) is 1. The van der Waals surface area contributed by atoms with E-state index in [1.54, 1.807) is 24.3 Å². The topological polar surface area (TPSA) is 98.4 Å². The van der Waals surface area contributed by atoms with E-state index in [0.29, 0.717) is 16.7 Å². The van der Waals surface area contributed by atoms with E-state index >= 15 is 0 Å². The van der Waals surface area contributed by atoms with Gasteiger partial charge in [-0.25, -0.2) is 0 Å². The number of imide groups is 1. The Balaban J connectivity index is 2.08. The lowest BCUT2D eigenvalue weighted by molar-refractivity contribution is 0.0469. The number of hydrogen-bond acceptors (Lipinski definition) is 6. The molecule has 0 aliphatic carbocycles. The normalized spacial score (nSPS) is 15.0. The van der Waals surface area contributed by atoms with Gasteiger partial charge in [-0.15, -0.1) is 10.2 Å². The number of nitrogens with two attached hydrogens (primary N) is 1. The second-order valence-corrected chi connectivity index (χ2v) is 5.37. The van der Waals surface area contributed by atoms with Crippen molar-refractivity contribution in [1.29, 1.82) is 0 Å². The number of aromatic nitrogens is 2. The highest BCUT2D eigenvalue weighted by molar-refractivity contribution is 6.30. The summed E-state index contributed by atoms with van der Waals surface area (Å²) >= 11 is 6.08. The van der Waals surface area contributed by atoms with E-state index in [-0.39, 0.29) is 17.6 Å². The summed E-state index contributed by atoms with van der Waals surface area (Å²) in [6.45, 7) is 0.0658. The Hall–Kier alpha value is -2.51. The largest absolute Gasteiger partial charge is 0.382 e. The summed E-state index contributed by atoms with van der Waals surface area (Å²) in [5, 5.41) is 7.46. The first-order valence-corrected chi connectivity index (χ1v) is 7.17. The van der Waals surface area contributed by atoms with Crippen LogP contribution in [0.25, 0.3) is 0 Å². The third kappa shape index (κ3) is 2.54. The summed E-state index contributed by atoms with van der Waals surface area (Å²) in [7, 11) is 1.47. The molecule has 0 radical (unpaired) electrons. The van der Waals surface area contributed by atoms with E-state index in [2.05, 4.69) is 10.2 Å². The number of anilines is 1. The zero-order valence-corrected chi connectivity index (χ0v) is 12.9. The Morgan fingerprint density at radius 2 is 1.83 bits per heavy atom. The molecule has 1 aromatic carbocycles. The minimum atomic E-state index is -0.738. The van der Waals surface area contributed by atoms with Crippen LogP contribution in [0, 0.1) is 0 Å². The summed E-state index contributed by atoms with van der Waals surface area (Å²) in [6, 6.07) is 7.39. The molecule has 23 heavy (non-hydrogen) atoms.